The van der Waals surface area contributed by atoms with Gasteiger partial charge in [0.2, 0.25) is 11.7 Å². The van der Waals surface area contributed by atoms with E-state index >= 15 is 0 Å². The van der Waals surface area contributed by atoms with Crippen molar-refractivity contribution in [2.45, 2.75) is 37.9 Å². The van der Waals surface area contributed by atoms with Crippen LogP contribution in [0, 0.1) is 0 Å². The molecule has 8 nitrogen and oxygen atoms in total. The summed E-state index contributed by atoms with van der Waals surface area (Å²) in [4.78, 5) is 31.1. The van der Waals surface area contributed by atoms with Crippen molar-refractivity contribution in [2.75, 3.05) is 18.4 Å². The Hall–Kier alpha value is -3.41. The molecule has 2 aromatic heterocycles. The van der Waals surface area contributed by atoms with Crippen LogP contribution in [-0.4, -0.2) is 46.1 Å². The molecule has 2 N–H and O–H groups in total. The molecule has 1 aliphatic heterocycles. The predicted molar refractivity (Wildman–Crippen MR) is 119 cm³/mol. The standard InChI is InChI=1S/C22H22F3N5O3S/c23-22(24,25)20-28-19(29-33-20)14-6-8-15(9-7-14)27-21(32)30-10-2-1-4-16(30)13-26-18(31)12-17-5-3-11-34-17/h3,5-9,11,16H,1-2,4,10,12-13H2,(H,26,31)(H,27,32). The van der Waals surface area contributed by atoms with Crippen LogP contribution >= 0.6 is 11.3 Å². The second kappa shape index (κ2) is 10.2. The molecule has 3 aromatic rings. The molecule has 12 heteroatoms. The van der Waals surface area contributed by atoms with Crippen LogP contribution in [-0.2, 0) is 17.4 Å². The van der Waals surface area contributed by atoms with E-state index in [2.05, 4.69) is 25.3 Å². The Morgan fingerprint density at radius 2 is 1.97 bits per heavy atom. The van der Waals surface area contributed by atoms with Crippen LogP contribution in [0.1, 0.15) is 30.0 Å². The molecule has 4 rings (SSSR count). The first-order chi connectivity index (χ1) is 16.3. The van der Waals surface area contributed by atoms with Crippen LogP contribution in [0.5, 0.6) is 0 Å². The number of piperidine rings is 1. The average molecular weight is 494 g/mol. The lowest BCUT2D eigenvalue weighted by Crippen LogP contribution is -2.51. The number of thiophene rings is 1. The minimum atomic E-state index is -4.71. The van der Waals surface area contributed by atoms with Gasteiger partial charge in [-0.3, -0.25) is 4.79 Å². The number of urea groups is 1. The number of aromatic nitrogens is 2. The van der Waals surface area contributed by atoms with Gasteiger partial charge in [-0.15, -0.1) is 11.3 Å². The molecule has 0 saturated carbocycles. The highest BCUT2D eigenvalue weighted by Crippen LogP contribution is 2.29. The molecule has 1 saturated heterocycles. The summed E-state index contributed by atoms with van der Waals surface area (Å²) in [6, 6.07) is 9.48. The van der Waals surface area contributed by atoms with Gasteiger partial charge in [0.1, 0.15) is 0 Å². The van der Waals surface area contributed by atoms with E-state index in [9.17, 15) is 22.8 Å². The second-order valence-corrected chi connectivity index (χ2v) is 8.86. The van der Waals surface area contributed by atoms with Crippen molar-refractivity contribution in [1.82, 2.24) is 20.4 Å². The van der Waals surface area contributed by atoms with E-state index in [1.54, 1.807) is 17.0 Å². The number of carbonyl (C=O) groups is 2. The molecule has 1 atom stereocenters. The zero-order valence-electron chi connectivity index (χ0n) is 18.0. The van der Waals surface area contributed by atoms with Crippen LogP contribution in [0.4, 0.5) is 23.7 Å². The zero-order valence-corrected chi connectivity index (χ0v) is 18.8. The Morgan fingerprint density at radius 3 is 2.65 bits per heavy atom. The van der Waals surface area contributed by atoms with Crippen LogP contribution in [0.2, 0.25) is 0 Å². The largest absolute Gasteiger partial charge is 0.471 e. The normalized spacial score (nSPS) is 16.3. The lowest BCUT2D eigenvalue weighted by atomic mass is 10.0. The number of rotatable bonds is 6. The molecule has 3 amide bonds. The third-order valence-corrected chi connectivity index (χ3v) is 6.28. The number of amides is 3. The predicted octanol–water partition coefficient (Wildman–Crippen LogP) is 4.56. The number of carbonyl (C=O) groups excluding carboxylic acids is 2. The molecule has 34 heavy (non-hydrogen) atoms. The number of alkyl halides is 3. The smallest absolute Gasteiger partial charge is 0.354 e. The Kier molecular flexibility index (Phi) is 7.15. The summed E-state index contributed by atoms with van der Waals surface area (Å²) in [5.74, 6) is -1.70. The van der Waals surface area contributed by atoms with Crippen molar-refractivity contribution >= 4 is 29.0 Å². The highest BCUT2D eigenvalue weighted by Gasteiger charge is 2.38. The molecule has 1 aromatic carbocycles. The van der Waals surface area contributed by atoms with Gasteiger partial charge < -0.3 is 20.1 Å². The van der Waals surface area contributed by atoms with Crippen LogP contribution < -0.4 is 10.6 Å². The fourth-order valence-electron chi connectivity index (χ4n) is 3.70. The van der Waals surface area contributed by atoms with Crippen molar-refractivity contribution < 1.29 is 27.3 Å². The van der Waals surface area contributed by atoms with Gasteiger partial charge in [0.15, 0.2) is 0 Å². The van der Waals surface area contributed by atoms with Crippen molar-refractivity contribution in [3.05, 3.63) is 52.5 Å². The maximum atomic E-state index is 12.9. The van der Waals surface area contributed by atoms with Crippen molar-refractivity contribution in [3.8, 4) is 11.4 Å². The monoisotopic (exact) mass is 493 g/mol. The van der Waals surface area contributed by atoms with Gasteiger partial charge in [-0.1, -0.05) is 11.2 Å². The topological polar surface area (TPSA) is 100 Å². The quantitative estimate of drug-likeness (QED) is 0.524. The SMILES string of the molecule is O=C(Cc1cccs1)NCC1CCCCN1C(=O)Nc1ccc(-c2noc(C(F)(F)F)n2)cc1. The maximum absolute atomic E-state index is 12.9. The molecule has 0 bridgehead atoms. The molecule has 1 unspecified atom stereocenters. The summed E-state index contributed by atoms with van der Waals surface area (Å²) >= 11 is 1.52. The summed E-state index contributed by atoms with van der Waals surface area (Å²) in [6.07, 6.45) is -1.79. The van der Waals surface area contributed by atoms with Crippen LogP contribution in [0.3, 0.4) is 0 Å². The third-order valence-electron chi connectivity index (χ3n) is 5.40. The molecule has 0 radical (unpaired) electrons. The molecule has 0 aliphatic carbocycles. The van der Waals surface area contributed by atoms with Crippen LogP contribution in [0.25, 0.3) is 11.4 Å². The van der Waals surface area contributed by atoms with Gasteiger partial charge in [0, 0.05) is 29.2 Å². The number of hydrogen-bond acceptors (Lipinski definition) is 6. The number of benzene rings is 1. The highest BCUT2D eigenvalue weighted by atomic mass is 32.1. The molecule has 0 spiro atoms. The molecule has 1 aliphatic rings. The Balaban J connectivity index is 1.34. The summed E-state index contributed by atoms with van der Waals surface area (Å²) in [5.41, 5.74) is 0.792. The molecule has 180 valence electrons. The fraction of sp³-hybridized carbons (Fsp3) is 0.364. The van der Waals surface area contributed by atoms with Gasteiger partial charge in [0.25, 0.3) is 0 Å². The minimum Gasteiger partial charge on any atom is -0.354 e. The number of anilines is 1. The zero-order chi connectivity index (χ0) is 24.1. The minimum absolute atomic E-state index is 0.0842. The van der Waals surface area contributed by atoms with E-state index in [4.69, 9.17) is 0 Å². The summed E-state index contributed by atoms with van der Waals surface area (Å²) in [7, 11) is 0. The summed E-state index contributed by atoms with van der Waals surface area (Å²) in [6.45, 7) is 0.939. The average Bonchev–Trinajstić information content (AvgIpc) is 3.51. The number of halogens is 3. The van der Waals surface area contributed by atoms with E-state index in [0.29, 0.717) is 30.8 Å². The Labute approximate surface area is 197 Å². The first-order valence-corrected chi connectivity index (χ1v) is 11.6. The lowest BCUT2D eigenvalue weighted by molar-refractivity contribution is -0.159. The van der Waals surface area contributed by atoms with Crippen LogP contribution in [0.15, 0.2) is 46.3 Å². The van der Waals surface area contributed by atoms with Crippen molar-refractivity contribution in [1.29, 1.82) is 0 Å². The molecular formula is C22H22F3N5O3S. The van der Waals surface area contributed by atoms with Gasteiger partial charge in [0.05, 0.1) is 12.5 Å². The van der Waals surface area contributed by atoms with Gasteiger partial charge in [-0.05, 0) is 55.0 Å². The fourth-order valence-corrected chi connectivity index (χ4v) is 4.40. The summed E-state index contributed by atoms with van der Waals surface area (Å²) < 4.78 is 42.2. The molecule has 3 heterocycles. The number of nitrogens with one attached hydrogen (secondary N) is 2. The highest BCUT2D eigenvalue weighted by molar-refractivity contribution is 7.10. The first-order valence-electron chi connectivity index (χ1n) is 10.7. The summed E-state index contributed by atoms with van der Waals surface area (Å²) in [5, 5.41) is 11.0. The van der Waals surface area contributed by atoms with E-state index in [1.807, 2.05) is 17.5 Å². The third kappa shape index (κ3) is 5.93. The van der Waals surface area contributed by atoms with Gasteiger partial charge in [-0.25, -0.2) is 4.79 Å². The van der Waals surface area contributed by atoms with Crippen molar-refractivity contribution in [3.63, 3.8) is 0 Å². The first kappa shape index (κ1) is 23.7. The van der Waals surface area contributed by atoms with Gasteiger partial charge in [-0.2, -0.15) is 18.2 Å². The van der Waals surface area contributed by atoms with Crippen molar-refractivity contribution in [2.24, 2.45) is 0 Å². The maximum Gasteiger partial charge on any atom is 0.471 e. The molecule has 1 fully saturated rings. The molecular weight excluding hydrogens is 471 g/mol. The second-order valence-electron chi connectivity index (χ2n) is 7.83. The van der Waals surface area contributed by atoms with E-state index in [-0.39, 0.29) is 23.8 Å². The number of nitrogens with zero attached hydrogens (tertiary/aromatic N) is 3. The number of likely N-dealkylation sites (tertiary alicyclic amines) is 1. The Morgan fingerprint density at radius 1 is 1.18 bits per heavy atom. The van der Waals surface area contributed by atoms with Gasteiger partial charge >= 0.3 is 18.1 Å². The van der Waals surface area contributed by atoms with E-state index in [0.717, 1.165) is 24.1 Å². The van der Waals surface area contributed by atoms with E-state index in [1.165, 1.54) is 23.5 Å². The Bertz CT molecular complexity index is 1120. The lowest BCUT2D eigenvalue weighted by Gasteiger charge is -2.35. The number of hydrogen-bond donors (Lipinski definition) is 2. The van der Waals surface area contributed by atoms with E-state index < -0.39 is 12.1 Å².